The van der Waals surface area contributed by atoms with E-state index in [2.05, 4.69) is 5.16 Å². The van der Waals surface area contributed by atoms with E-state index >= 15 is 0 Å². The standard InChI is InChI=1S/C8H10N2O/c1-10-7-3-2-4-8(10)5-6-9-11/h2-4,6-7H,5H2,1H3. The van der Waals surface area contributed by atoms with Crippen molar-refractivity contribution in [3.63, 3.8) is 0 Å². The van der Waals surface area contributed by atoms with Crippen LogP contribution in [0.5, 0.6) is 0 Å². The summed E-state index contributed by atoms with van der Waals surface area (Å²) in [6.07, 6.45) is 3.89. The molecule has 0 atom stereocenters. The molecule has 0 aromatic carbocycles. The van der Waals surface area contributed by atoms with Gasteiger partial charge in [0.25, 0.3) is 0 Å². The van der Waals surface area contributed by atoms with Gasteiger partial charge in [-0.25, -0.2) is 4.57 Å². The lowest BCUT2D eigenvalue weighted by Crippen LogP contribution is -2.32. The van der Waals surface area contributed by atoms with Crippen molar-refractivity contribution in [2.45, 2.75) is 6.42 Å². The zero-order chi connectivity index (χ0) is 8.10. The van der Waals surface area contributed by atoms with E-state index in [1.807, 2.05) is 36.0 Å². The Hall–Kier alpha value is -1.38. The molecule has 0 bridgehead atoms. The van der Waals surface area contributed by atoms with Gasteiger partial charge in [-0.3, -0.25) is 0 Å². The molecule has 0 unspecified atom stereocenters. The van der Waals surface area contributed by atoms with E-state index in [4.69, 9.17) is 0 Å². The summed E-state index contributed by atoms with van der Waals surface area (Å²) in [7, 11) is 1.94. The highest BCUT2D eigenvalue weighted by molar-refractivity contribution is 5.60. The fraction of sp³-hybridized carbons (Fsp3) is 0.250. The molecule has 0 N–H and O–H groups in total. The predicted octanol–water partition coefficient (Wildman–Crippen LogP) is 0.622. The minimum absolute atomic E-state index is 0.598. The van der Waals surface area contributed by atoms with Gasteiger partial charge in [-0.1, -0.05) is 6.07 Å². The summed E-state index contributed by atoms with van der Waals surface area (Å²) < 4.78 is 1.96. The molecular weight excluding hydrogens is 140 g/mol. The van der Waals surface area contributed by atoms with Gasteiger partial charge < -0.3 is 10.4 Å². The Morgan fingerprint density at radius 2 is 2.45 bits per heavy atom. The first-order valence-electron chi connectivity index (χ1n) is 3.42. The number of aryl methyl sites for hydroxylation is 1. The van der Waals surface area contributed by atoms with Crippen LogP contribution in [-0.4, -0.2) is 6.21 Å². The van der Waals surface area contributed by atoms with Gasteiger partial charge in [0.05, 0.1) is 6.42 Å². The third-order valence-corrected chi connectivity index (χ3v) is 1.54. The molecule has 1 aromatic heterocycles. The smallest absolute Gasteiger partial charge is 0.186 e. The molecule has 0 radical (unpaired) electrons. The second kappa shape index (κ2) is 3.71. The molecule has 58 valence electrons. The second-order valence-electron chi connectivity index (χ2n) is 2.29. The highest BCUT2D eigenvalue weighted by atomic mass is 16.4. The SMILES string of the molecule is C[n+]1ccccc1CC=N[O-]. The fourth-order valence-corrected chi connectivity index (χ4v) is 0.902. The summed E-state index contributed by atoms with van der Waals surface area (Å²) in [5.41, 5.74) is 1.08. The van der Waals surface area contributed by atoms with Crippen molar-refractivity contribution in [1.82, 2.24) is 0 Å². The third kappa shape index (κ3) is 2.04. The monoisotopic (exact) mass is 150 g/mol. The molecule has 0 amide bonds. The quantitative estimate of drug-likeness (QED) is 0.346. The lowest BCUT2D eigenvalue weighted by atomic mass is 10.3. The van der Waals surface area contributed by atoms with Gasteiger partial charge >= 0.3 is 0 Å². The Bertz CT molecular complexity index is 258. The molecule has 0 saturated carbocycles. The molecule has 0 aliphatic carbocycles. The van der Waals surface area contributed by atoms with Crippen LogP contribution in [0, 0.1) is 5.21 Å². The number of nitrogens with zero attached hydrogens (tertiary/aromatic N) is 2. The first-order chi connectivity index (χ1) is 5.34. The Morgan fingerprint density at radius 3 is 3.09 bits per heavy atom. The molecule has 0 spiro atoms. The molecule has 0 aliphatic heterocycles. The summed E-state index contributed by atoms with van der Waals surface area (Å²) in [5, 5.41) is 12.5. The topological polar surface area (TPSA) is 39.3 Å². The molecule has 0 saturated heterocycles. The third-order valence-electron chi connectivity index (χ3n) is 1.54. The zero-order valence-electron chi connectivity index (χ0n) is 6.40. The van der Waals surface area contributed by atoms with Crippen LogP contribution < -0.4 is 4.57 Å². The summed E-state index contributed by atoms with van der Waals surface area (Å²) in [4.78, 5) is 0. The number of hydrogen-bond acceptors (Lipinski definition) is 2. The minimum atomic E-state index is 0.598. The summed E-state index contributed by atoms with van der Waals surface area (Å²) >= 11 is 0. The largest absolute Gasteiger partial charge is 0.792 e. The molecule has 0 aliphatic rings. The Balaban J connectivity index is 2.77. The van der Waals surface area contributed by atoms with E-state index in [1.165, 1.54) is 6.21 Å². The van der Waals surface area contributed by atoms with Crippen LogP contribution in [0.3, 0.4) is 0 Å². The number of hydrogen-bond donors (Lipinski definition) is 0. The van der Waals surface area contributed by atoms with E-state index in [-0.39, 0.29) is 0 Å². The Labute approximate surface area is 65.6 Å². The molecule has 3 nitrogen and oxygen atoms in total. The van der Waals surface area contributed by atoms with Gasteiger partial charge in [-0.05, 0) is 0 Å². The van der Waals surface area contributed by atoms with Gasteiger partial charge in [0.15, 0.2) is 11.9 Å². The van der Waals surface area contributed by atoms with Crippen molar-refractivity contribution < 1.29 is 4.57 Å². The number of rotatable bonds is 2. The second-order valence-corrected chi connectivity index (χ2v) is 2.29. The first kappa shape index (κ1) is 7.72. The lowest BCUT2D eigenvalue weighted by Gasteiger charge is -1.94. The number of pyridine rings is 1. The Kier molecular flexibility index (Phi) is 2.60. The van der Waals surface area contributed by atoms with Crippen molar-refractivity contribution in [3.05, 3.63) is 35.3 Å². The van der Waals surface area contributed by atoms with Crippen molar-refractivity contribution in [2.75, 3.05) is 0 Å². The molecule has 1 rings (SSSR count). The van der Waals surface area contributed by atoms with Crippen LogP contribution in [0.2, 0.25) is 0 Å². The van der Waals surface area contributed by atoms with Gasteiger partial charge in [-0.15, -0.1) is 0 Å². The van der Waals surface area contributed by atoms with Crippen molar-refractivity contribution >= 4 is 6.21 Å². The van der Waals surface area contributed by atoms with Crippen molar-refractivity contribution in [2.24, 2.45) is 12.2 Å². The van der Waals surface area contributed by atoms with Crippen LogP contribution in [0.25, 0.3) is 0 Å². The maximum absolute atomic E-state index is 9.77. The summed E-state index contributed by atoms with van der Waals surface area (Å²) in [6.45, 7) is 0. The van der Waals surface area contributed by atoms with Crippen molar-refractivity contribution in [1.29, 1.82) is 0 Å². The average molecular weight is 150 g/mol. The summed E-state index contributed by atoms with van der Waals surface area (Å²) in [5.74, 6) is 0. The molecule has 3 heteroatoms. The molecular formula is C8H10N2O. The first-order valence-corrected chi connectivity index (χ1v) is 3.42. The van der Waals surface area contributed by atoms with Crippen molar-refractivity contribution in [3.8, 4) is 0 Å². The van der Waals surface area contributed by atoms with Gasteiger partial charge in [0.2, 0.25) is 0 Å². The van der Waals surface area contributed by atoms with Crippen LogP contribution in [0.4, 0.5) is 0 Å². The maximum atomic E-state index is 9.77. The lowest BCUT2D eigenvalue weighted by molar-refractivity contribution is -0.678. The highest BCUT2D eigenvalue weighted by Gasteiger charge is 1.99. The van der Waals surface area contributed by atoms with Gasteiger partial charge in [-0.2, -0.15) is 0 Å². The molecule has 1 heterocycles. The van der Waals surface area contributed by atoms with E-state index in [9.17, 15) is 5.21 Å². The van der Waals surface area contributed by atoms with Crippen LogP contribution in [-0.2, 0) is 13.5 Å². The van der Waals surface area contributed by atoms with Gasteiger partial charge in [0.1, 0.15) is 7.05 Å². The zero-order valence-corrected chi connectivity index (χ0v) is 6.40. The molecule has 1 aromatic rings. The number of aromatic nitrogens is 1. The van der Waals surface area contributed by atoms with Crippen LogP contribution >= 0.6 is 0 Å². The average Bonchev–Trinajstić information content (AvgIpc) is 2.03. The minimum Gasteiger partial charge on any atom is -0.792 e. The molecule has 11 heavy (non-hydrogen) atoms. The van der Waals surface area contributed by atoms with Gasteiger partial charge in [0, 0.05) is 18.3 Å². The van der Waals surface area contributed by atoms with E-state index in [1.54, 1.807) is 0 Å². The summed E-state index contributed by atoms with van der Waals surface area (Å²) in [6, 6.07) is 5.84. The molecule has 0 fully saturated rings. The maximum Gasteiger partial charge on any atom is 0.186 e. The van der Waals surface area contributed by atoms with E-state index < -0.39 is 0 Å². The normalized spacial score (nSPS) is 10.6. The predicted molar refractivity (Wildman–Crippen MR) is 43.2 cm³/mol. The van der Waals surface area contributed by atoms with E-state index in [0.29, 0.717) is 6.42 Å². The Morgan fingerprint density at radius 1 is 1.64 bits per heavy atom. The van der Waals surface area contributed by atoms with Crippen LogP contribution in [0.15, 0.2) is 29.6 Å². The van der Waals surface area contributed by atoms with Crippen LogP contribution in [0.1, 0.15) is 5.69 Å². The van der Waals surface area contributed by atoms with E-state index in [0.717, 1.165) is 5.69 Å². The fourth-order valence-electron chi connectivity index (χ4n) is 0.902. The highest BCUT2D eigenvalue weighted by Crippen LogP contribution is 1.89.